The van der Waals surface area contributed by atoms with Gasteiger partial charge in [-0.1, -0.05) is 0 Å². The third kappa shape index (κ3) is 1.86. The molecule has 0 unspecified atom stereocenters. The molecule has 0 bridgehead atoms. The van der Waals surface area contributed by atoms with E-state index >= 15 is 0 Å². The van der Waals surface area contributed by atoms with Crippen molar-refractivity contribution < 1.29 is 14.6 Å². The molecule has 5 heteroatoms. The number of aryl methyl sites for hydroxylation is 2. The zero-order chi connectivity index (χ0) is 10.9. The number of carbonyl (C=O) groups is 1. The van der Waals surface area contributed by atoms with Crippen molar-refractivity contribution in [1.29, 1.82) is 0 Å². The van der Waals surface area contributed by atoms with Crippen LogP contribution in [-0.2, 0) is 7.05 Å². The van der Waals surface area contributed by atoms with E-state index in [9.17, 15) is 4.79 Å². The van der Waals surface area contributed by atoms with Gasteiger partial charge in [0.05, 0.1) is 6.10 Å². The fourth-order valence-corrected chi connectivity index (χ4v) is 1.25. The van der Waals surface area contributed by atoms with Gasteiger partial charge in [0.1, 0.15) is 5.69 Å². The summed E-state index contributed by atoms with van der Waals surface area (Å²) in [6.45, 7) is 5.42. The van der Waals surface area contributed by atoms with Gasteiger partial charge < -0.3 is 9.84 Å². The number of carboxylic acids is 1. The average molecular weight is 198 g/mol. The number of hydrogen-bond donors (Lipinski definition) is 1. The SMILES string of the molecule is Cc1nn(C)c(C(=O)O)c1OC(C)C. The highest BCUT2D eigenvalue weighted by molar-refractivity contribution is 5.89. The average Bonchev–Trinajstić information content (AvgIpc) is 2.25. The lowest BCUT2D eigenvalue weighted by Crippen LogP contribution is -2.11. The highest BCUT2D eigenvalue weighted by Crippen LogP contribution is 2.23. The van der Waals surface area contributed by atoms with Crippen molar-refractivity contribution in [3.8, 4) is 5.75 Å². The first-order valence-electron chi connectivity index (χ1n) is 4.37. The molecule has 1 N–H and O–H groups in total. The summed E-state index contributed by atoms with van der Waals surface area (Å²) in [6.07, 6.45) is -0.0593. The van der Waals surface area contributed by atoms with Crippen molar-refractivity contribution in [3.63, 3.8) is 0 Å². The molecule has 0 aliphatic rings. The molecule has 0 aliphatic heterocycles. The van der Waals surface area contributed by atoms with Gasteiger partial charge in [0.25, 0.3) is 0 Å². The topological polar surface area (TPSA) is 64.4 Å². The van der Waals surface area contributed by atoms with Gasteiger partial charge in [-0.25, -0.2) is 4.79 Å². The Balaban J connectivity index is 3.18. The van der Waals surface area contributed by atoms with Crippen molar-refractivity contribution in [2.75, 3.05) is 0 Å². The number of ether oxygens (including phenoxy) is 1. The normalized spacial score (nSPS) is 10.6. The molecule has 1 rings (SSSR count). The monoisotopic (exact) mass is 198 g/mol. The first kappa shape index (κ1) is 10.6. The minimum atomic E-state index is -1.02. The number of hydrogen-bond acceptors (Lipinski definition) is 3. The van der Waals surface area contributed by atoms with E-state index in [1.54, 1.807) is 14.0 Å². The molecule has 0 spiro atoms. The summed E-state index contributed by atoms with van der Waals surface area (Å²) in [5.41, 5.74) is 0.690. The second kappa shape index (κ2) is 3.69. The molecule has 0 aromatic carbocycles. The Hall–Kier alpha value is -1.52. The predicted octanol–water partition coefficient (Wildman–Crippen LogP) is 1.21. The van der Waals surface area contributed by atoms with Crippen LogP contribution in [0.15, 0.2) is 0 Å². The summed E-state index contributed by atoms with van der Waals surface area (Å²) in [4.78, 5) is 10.9. The van der Waals surface area contributed by atoms with Crippen LogP contribution in [0.3, 0.4) is 0 Å². The summed E-state index contributed by atoms with van der Waals surface area (Å²) in [7, 11) is 1.59. The summed E-state index contributed by atoms with van der Waals surface area (Å²) >= 11 is 0. The lowest BCUT2D eigenvalue weighted by molar-refractivity contribution is 0.0678. The van der Waals surface area contributed by atoms with E-state index in [1.165, 1.54) is 4.68 Å². The van der Waals surface area contributed by atoms with Crippen LogP contribution in [0.2, 0.25) is 0 Å². The maximum Gasteiger partial charge on any atom is 0.358 e. The highest BCUT2D eigenvalue weighted by Gasteiger charge is 2.21. The van der Waals surface area contributed by atoms with Crippen LogP contribution in [0.4, 0.5) is 0 Å². The van der Waals surface area contributed by atoms with Gasteiger partial charge in [0, 0.05) is 7.05 Å². The summed E-state index contributed by atoms with van der Waals surface area (Å²) in [5, 5.41) is 12.9. The van der Waals surface area contributed by atoms with Gasteiger partial charge >= 0.3 is 5.97 Å². The Labute approximate surface area is 82.3 Å². The van der Waals surface area contributed by atoms with Gasteiger partial charge in [-0.2, -0.15) is 5.10 Å². The molecule has 0 atom stereocenters. The van der Waals surface area contributed by atoms with Crippen LogP contribution in [0.5, 0.6) is 5.75 Å². The van der Waals surface area contributed by atoms with Crippen LogP contribution in [0.1, 0.15) is 30.0 Å². The molecule has 0 fully saturated rings. The van der Waals surface area contributed by atoms with Crippen molar-refractivity contribution in [3.05, 3.63) is 11.4 Å². The van der Waals surface area contributed by atoms with Gasteiger partial charge in [-0.05, 0) is 20.8 Å². The smallest absolute Gasteiger partial charge is 0.358 e. The van der Waals surface area contributed by atoms with E-state index in [1.807, 2.05) is 13.8 Å². The molecule has 0 aliphatic carbocycles. The van der Waals surface area contributed by atoms with Gasteiger partial charge in [0.15, 0.2) is 11.4 Å². The molecule has 1 heterocycles. The standard InChI is InChI=1S/C9H14N2O3/c1-5(2)14-8-6(3)10-11(4)7(8)9(12)13/h5H,1-4H3,(H,12,13). The zero-order valence-corrected chi connectivity index (χ0v) is 8.74. The highest BCUT2D eigenvalue weighted by atomic mass is 16.5. The molecular weight excluding hydrogens is 184 g/mol. The van der Waals surface area contributed by atoms with E-state index < -0.39 is 5.97 Å². The van der Waals surface area contributed by atoms with E-state index in [2.05, 4.69) is 5.10 Å². The molecule has 0 amide bonds. The van der Waals surface area contributed by atoms with Crippen molar-refractivity contribution in [2.45, 2.75) is 26.9 Å². The van der Waals surface area contributed by atoms with E-state index in [0.29, 0.717) is 11.4 Å². The van der Waals surface area contributed by atoms with Crippen LogP contribution >= 0.6 is 0 Å². The maximum absolute atomic E-state index is 10.9. The number of nitrogens with zero attached hydrogens (tertiary/aromatic N) is 2. The summed E-state index contributed by atoms with van der Waals surface area (Å²) in [6, 6.07) is 0. The van der Waals surface area contributed by atoms with Gasteiger partial charge in [-0.15, -0.1) is 0 Å². The van der Waals surface area contributed by atoms with Crippen molar-refractivity contribution in [1.82, 2.24) is 9.78 Å². The largest absolute Gasteiger partial charge is 0.486 e. The van der Waals surface area contributed by atoms with E-state index in [4.69, 9.17) is 9.84 Å². The van der Waals surface area contributed by atoms with Crippen molar-refractivity contribution >= 4 is 5.97 Å². The molecule has 0 saturated heterocycles. The quantitative estimate of drug-likeness (QED) is 0.792. The molecule has 1 aromatic heterocycles. The zero-order valence-electron chi connectivity index (χ0n) is 8.74. The van der Waals surface area contributed by atoms with Crippen LogP contribution in [-0.4, -0.2) is 27.0 Å². The Morgan fingerprint density at radius 3 is 2.57 bits per heavy atom. The first-order valence-corrected chi connectivity index (χ1v) is 4.37. The minimum absolute atomic E-state index is 0.0593. The van der Waals surface area contributed by atoms with E-state index in [0.717, 1.165) is 0 Å². The molecule has 1 aromatic rings. The molecular formula is C9H14N2O3. The predicted molar refractivity (Wildman–Crippen MR) is 50.7 cm³/mol. The third-order valence-electron chi connectivity index (χ3n) is 1.72. The number of aromatic carboxylic acids is 1. The number of aromatic nitrogens is 2. The fourth-order valence-electron chi connectivity index (χ4n) is 1.25. The first-order chi connectivity index (χ1) is 6.43. The Kier molecular flexibility index (Phi) is 2.78. The van der Waals surface area contributed by atoms with Crippen molar-refractivity contribution in [2.24, 2.45) is 7.05 Å². The Bertz CT molecular complexity index is 355. The maximum atomic E-state index is 10.9. The number of carboxylic acid groups (broad SMARTS) is 1. The minimum Gasteiger partial charge on any atom is -0.486 e. The summed E-state index contributed by atoms with van der Waals surface area (Å²) < 4.78 is 6.71. The Morgan fingerprint density at radius 1 is 1.57 bits per heavy atom. The molecule has 0 saturated carbocycles. The number of rotatable bonds is 3. The lowest BCUT2D eigenvalue weighted by Gasteiger charge is -2.09. The van der Waals surface area contributed by atoms with Crippen LogP contribution in [0.25, 0.3) is 0 Å². The Morgan fingerprint density at radius 2 is 2.14 bits per heavy atom. The molecule has 0 radical (unpaired) electrons. The fraction of sp³-hybridized carbons (Fsp3) is 0.556. The van der Waals surface area contributed by atoms with Gasteiger partial charge in [-0.3, -0.25) is 4.68 Å². The van der Waals surface area contributed by atoms with Gasteiger partial charge in [0.2, 0.25) is 0 Å². The summed E-state index contributed by atoms with van der Waals surface area (Å²) in [5.74, 6) is -0.668. The molecule has 14 heavy (non-hydrogen) atoms. The molecule has 78 valence electrons. The second-order valence-electron chi connectivity index (χ2n) is 3.36. The third-order valence-corrected chi connectivity index (χ3v) is 1.72. The van der Waals surface area contributed by atoms with Crippen LogP contribution < -0.4 is 4.74 Å². The lowest BCUT2D eigenvalue weighted by atomic mass is 10.3. The van der Waals surface area contributed by atoms with E-state index in [-0.39, 0.29) is 11.8 Å². The molecule has 5 nitrogen and oxygen atoms in total. The van der Waals surface area contributed by atoms with Crippen LogP contribution in [0, 0.1) is 6.92 Å². The second-order valence-corrected chi connectivity index (χ2v) is 3.36.